The number of rotatable bonds is 17. The van der Waals surface area contributed by atoms with Crippen LogP contribution in [0.5, 0.6) is 0 Å². The van der Waals surface area contributed by atoms with Gasteiger partial charge < -0.3 is 14.7 Å². The van der Waals surface area contributed by atoms with Gasteiger partial charge in [-0.2, -0.15) is 0 Å². The van der Waals surface area contributed by atoms with E-state index in [1.165, 1.54) is 44.1 Å². The molecule has 4 nitrogen and oxygen atoms in total. The maximum atomic E-state index is 12.7. The highest BCUT2D eigenvalue weighted by Crippen LogP contribution is 2.22. The summed E-state index contributed by atoms with van der Waals surface area (Å²) in [6.07, 6.45) is 9.18. The monoisotopic (exact) mass is 474 g/mol. The molecule has 4 heteroatoms. The Morgan fingerprint density at radius 1 is 0.941 bits per heavy atom. The second-order valence-corrected chi connectivity index (χ2v) is 12.3. The number of hydrogen-bond acceptors (Lipinski definition) is 2. The largest absolute Gasteiger partial charge is 0.346 e. The summed E-state index contributed by atoms with van der Waals surface area (Å²) >= 11 is 0. The van der Waals surface area contributed by atoms with Crippen molar-refractivity contribution in [1.29, 1.82) is 0 Å². The van der Waals surface area contributed by atoms with Gasteiger partial charge in [-0.1, -0.05) is 78.4 Å². The lowest BCUT2D eigenvalue weighted by Gasteiger charge is -2.31. The van der Waals surface area contributed by atoms with Crippen molar-refractivity contribution in [1.82, 2.24) is 10.2 Å². The lowest BCUT2D eigenvalue weighted by Crippen LogP contribution is -2.48. The molecule has 0 aliphatic carbocycles. The molecule has 0 aromatic heterocycles. The van der Waals surface area contributed by atoms with Crippen LogP contribution < -0.4 is 5.32 Å². The summed E-state index contributed by atoms with van der Waals surface area (Å²) in [7, 11) is 8.66. The highest BCUT2D eigenvalue weighted by atomic mass is 16.1. The molecule has 1 amide bonds. The molecule has 0 spiro atoms. The molecule has 2 unspecified atom stereocenters. The van der Waals surface area contributed by atoms with Gasteiger partial charge >= 0.3 is 0 Å². The summed E-state index contributed by atoms with van der Waals surface area (Å²) in [4.78, 5) is 15.0. The van der Waals surface area contributed by atoms with Gasteiger partial charge in [0.15, 0.2) is 0 Å². The second-order valence-electron chi connectivity index (χ2n) is 12.3. The molecular formula is C30H56N3O+. The van der Waals surface area contributed by atoms with Crippen molar-refractivity contribution in [2.45, 2.75) is 79.6 Å². The molecule has 0 aliphatic rings. The zero-order valence-corrected chi connectivity index (χ0v) is 24.0. The number of carbonyl (C=O) groups excluding carboxylic acids is 1. The quantitative estimate of drug-likeness (QED) is 0.274. The average Bonchev–Trinajstić information content (AvgIpc) is 2.72. The summed E-state index contributed by atoms with van der Waals surface area (Å²) in [5, 5.41) is 3.13. The Kier molecular flexibility index (Phi) is 14.0. The van der Waals surface area contributed by atoms with Crippen LogP contribution >= 0.6 is 0 Å². The van der Waals surface area contributed by atoms with E-state index in [0.717, 1.165) is 53.5 Å². The van der Waals surface area contributed by atoms with Gasteiger partial charge in [0.1, 0.15) is 0 Å². The summed E-state index contributed by atoms with van der Waals surface area (Å²) in [6, 6.07) is 6.40. The van der Waals surface area contributed by atoms with Crippen LogP contribution in [-0.2, 0) is 6.42 Å². The van der Waals surface area contributed by atoms with Crippen molar-refractivity contribution in [2.75, 3.05) is 54.4 Å². The zero-order valence-electron chi connectivity index (χ0n) is 24.0. The van der Waals surface area contributed by atoms with Crippen LogP contribution in [0.25, 0.3) is 0 Å². The van der Waals surface area contributed by atoms with Gasteiger partial charge in [0.2, 0.25) is 0 Å². The van der Waals surface area contributed by atoms with Crippen LogP contribution in [0.2, 0.25) is 0 Å². The molecule has 0 aliphatic heterocycles. The summed E-state index contributed by atoms with van der Waals surface area (Å²) in [5.74, 6) is 2.42. The summed E-state index contributed by atoms with van der Waals surface area (Å²) < 4.78 is 0.908. The third-order valence-corrected chi connectivity index (χ3v) is 7.15. The fourth-order valence-electron chi connectivity index (χ4n) is 4.60. The van der Waals surface area contributed by atoms with E-state index in [0.29, 0.717) is 12.5 Å². The predicted molar refractivity (Wildman–Crippen MR) is 148 cm³/mol. The lowest BCUT2D eigenvalue weighted by molar-refractivity contribution is -0.888. The Morgan fingerprint density at radius 2 is 1.56 bits per heavy atom. The number of nitrogens with one attached hydrogen (secondary N) is 1. The zero-order chi connectivity index (χ0) is 25.7. The minimum atomic E-state index is 0.0520. The second kappa shape index (κ2) is 15.6. The van der Waals surface area contributed by atoms with Crippen LogP contribution in [-0.4, -0.2) is 69.7 Å². The standard InChI is InChI=1S/C30H55N3O/c1-24(2)12-10-13-25(3)14-11-15-26(4)22-28-16-17-29(27(5)23-28)30(34)31-18-20-33(8,9)21-19-32(6)7/h16-17,23-26H,10-15,18-22H2,1-9H3/p+1. The lowest BCUT2D eigenvalue weighted by atomic mass is 9.90. The first kappa shape index (κ1) is 30.6. The number of quaternary nitrogens is 1. The van der Waals surface area contributed by atoms with Crippen molar-refractivity contribution in [3.63, 3.8) is 0 Å². The number of benzene rings is 1. The normalized spacial score (nSPS) is 14.0. The van der Waals surface area contributed by atoms with Crippen molar-refractivity contribution >= 4 is 5.91 Å². The Hall–Kier alpha value is -1.39. The maximum Gasteiger partial charge on any atom is 0.251 e. The van der Waals surface area contributed by atoms with Crippen LogP contribution in [0.3, 0.4) is 0 Å². The fraction of sp³-hybridized carbons (Fsp3) is 0.767. The molecule has 0 saturated heterocycles. The third kappa shape index (κ3) is 13.5. The molecule has 0 saturated carbocycles. The van der Waals surface area contributed by atoms with E-state index in [1.54, 1.807) is 0 Å². The predicted octanol–water partition coefficient (Wildman–Crippen LogP) is 6.17. The van der Waals surface area contributed by atoms with Gasteiger partial charge in [-0.05, 0) is 62.4 Å². The fourth-order valence-corrected chi connectivity index (χ4v) is 4.60. The van der Waals surface area contributed by atoms with E-state index in [1.807, 2.05) is 6.07 Å². The Bertz CT molecular complexity index is 711. The van der Waals surface area contributed by atoms with Gasteiger partial charge in [-0.15, -0.1) is 0 Å². The number of amides is 1. The van der Waals surface area contributed by atoms with Gasteiger partial charge in [0.25, 0.3) is 5.91 Å². The van der Waals surface area contributed by atoms with Crippen molar-refractivity contribution in [3.05, 3.63) is 34.9 Å². The van der Waals surface area contributed by atoms with E-state index >= 15 is 0 Å². The smallest absolute Gasteiger partial charge is 0.251 e. The summed E-state index contributed by atoms with van der Waals surface area (Å²) in [5.41, 5.74) is 3.25. The van der Waals surface area contributed by atoms with Crippen molar-refractivity contribution in [3.8, 4) is 0 Å². The van der Waals surface area contributed by atoms with Gasteiger partial charge in [0, 0.05) is 12.1 Å². The van der Waals surface area contributed by atoms with Gasteiger partial charge in [0.05, 0.1) is 33.7 Å². The molecular weight excluding hydrogens is 418 g/mol. The molecule has 196 valence electrons. The van der Waals surface area contributed by atoms with E-state index in [-0.39, 0.29) is 5.91 Å². The minimum Gasteiger partial charge on any atom is -0.346 e. The van der Waals surface area contributed by atoms with Crippen LogP contribution in [0.15, 0.2) is 18.2 Å². The Labute approximate surface area is 212 Å². The number of carbonyl (C=O) groups is 1. The average molecular weight is 475 g/mol. The molecule has 34 heavy (non-hydrogen) atoms. The van der Waals surface area contributed by atoms with Crippen molar-refractivity contribution < 1.29 is 9.28 Å². The molecule has 1 aromatic carbocycles. The number of hydrogen-bond donors (Lipinski definition) is 1. The molecule has 0 radical (unpaired) electrons. The minimum absolute atomic E-state index is 0.0520. The molecule has 1 rings (SSSR count). The first-order valence-electron chi connectivity index (χ1n) is 13.7. The highest BCUT2D eigenvalue weighted by molar-refractivity contribution is 5.95. The third-order valence-electron chi connectivity index (χ3n) is 7.15. The van der Waals surface area contributed by atoms with Gasteiger partial charge in [-0.3, -0.25) is 4.79 Å². The highest BCUT2D eigenvalue weighted by Gasteiger charge is 2.17. The van der Waals surface area contributed by atoms with Crippen LogP contribution in [0.1, 0.15) is 87.7 Å². The summed E-state index contributed by atoms with van der Waals surface area (Å²) in [6.45, 7) is 15.3. The van der Waals surface area contributed by atoms with E-state index < -0.39 is 0 Å². The molecule has 0 fully saturated rings. The van der Waals surface area contributed by atoms with Crippen LogP contribution in [0.4, 0.5) is 0 Å². The molecule has 2 atom stereocenters. The number of likely N-dealkylation sites (N-methyl/N-ethyl adjacent to an activating group) is 2. The first-order chi connectivity index (χ1) is 15.9. The Morgan fingerprint density at radius 3 is 2.15 bits per heavy atom. The van der Waals surface area contributed by atoms with E-state index in [9.17, 15) is 4.79 Å². The molecule has 1 aromatic rings. The number of nitrogens with zero attached hydrogens (tertiary/aromatic N) is 2. The van der Waals surface area contributed by atoms with Gasteiger partial charge in [-0.25, -0.2) is 0 Å². The van der Waals surface area contributed by atoms with Crippen LogP contribution in [0, 0.1) is 24.7 Å². The first-order valence-corrected chi connectivity index (χ1v) is 13.7. The SMILES string of the molecule is Cc1cc(CC(C)CCCC(C)CCCC(C)C)ccc1C(=O)NCC[N+](C)(C)CCN(C)C. The van der Waals surface area contributed by atoms with E-state index in [4.69, 9.17) is 0 Å². The molecule has 0 heterocycles. The Balaban J connectivity index is 2.41. The molecule has 1 N–H and O–H groups in total. The van der Waals surface area contributed by atoms with E-state index in [2.05, 4.69) is 85.2 Å². The number of aryl methyl sites for hydroxylation is 1. The topological polar surface area (TPSA) is 32.3 Å². The molecule has 0 bridgehead atoms. The maximum absolute atomic E-state index is 12.7. The van der Waals surface area contributed by atoms with Crippen molar-refractivity contribution in [2.24, 2.45) is 17.8 Å².